The summed E-state index contributed by atoms with van der Waals surface area (Å²) in [6, 6.07) is 6.07. The number of benzene rings is 1. The highest BCUT2D eigenvalue weighted by Crippen LogP contribution is 2.40. The molecule has 1 fully saturated rings. The molecule has 21 heavy (non-hydrogen) atoms. The van der Waals surface area contributed by atoms with E-state index in [1.165, 1.54) is 6.42 Å². The summed E-state index contributed by atoms with van der Waals surface area (Å²) in [6.07, 6.45) is 4.93. The van der Waals surface area contributed by atoms with Crippen LogP contribution in [0.25, 0.3) is 11.0 Å². The Kier molecular flexibility index (Phi) is 3.70. The third-order valence-electron chi connectivity index (χ3n) is 4.54. The molecule has 0 unspecified atom stereocenters. The number of nitrogens with one attached hydrogen (secondary N) is 1. The first-order chi connectivity index (χ1) is 10.2. The molecule has 0 spiro atoms. The predicted octanol–water partition coefficient (Wildman–Crippen LogP) is 3.64. The molecule has 0 bridgehead atoms. The van der Waals surface area contributed by atoms with Crippen LogP contribution in [0.15, 0.2) is 18.2 Å². The smallest absolute Gasteiger partial charge is 0.319 e. The molecule has 4 nitrogen and oxygen atoms in total. The third-order valence-corrected chi connectivity index (χ3v) is 4.54. The fourth-order valence-electron chi connectivity index (χ4n) is 3.36. The Bertz CT molecular complexity index is 654. The van der Waals surface area contributed by atoms with Gasteiger partial charge in [0.1, 0.15) is 11.2 Å². The highest BCUT2D eigenvalue weighted by Gasteiger charge is 2.45. The van der Waals surface area contributed by atoms with E-state index < -0.39 is 5.41 Å². The number of ether oxygens (including phenoxy) is 1. The van der Waals surface area contributed by atoms with Crippen LogP contribution in [-0.4, -0.2) is 22.5 Å². The Balaban J connectivity index is 2.09. The minimum absolute atomic E-state index is 0.124. The van der Waals surface area contributed by atoms with Gasteiger partial charge in [-0.25, -0.2) is 4.98 Å². The van der Waals surface area contributed by atoms with E-state index in [-0.39, 0.29) is 5.97 Å². The van der Waals surface area contributed by atoms with E-state index in [1.807, 2.05) is 32.0 Å². The second kappa shape index (κ2) is 5.51. The molecular formula is C17H22N2O2. The summed E-state index contributed by atoms with van der Waals surface area (Å²) in [6.45, 7) is 4.32. The van der Waals surface area contributed by atoms with Crippen LogP contribution in [0.5, 0.6) is 0 Å². The largest absolute Gasteiger partial charge is 0.465 e. The Hall–Kier alpha value is -1.84. The van der Waals surface area contributed by atoms with E-state index >= 15 is 0 Å². The van der Waals surface area contributed by atoms with Crippen molar-refractivity contribution in [1.82, 2.24) is 9.97 Å². The third kappa shape index (κ3) is 2.33. The topological polar surface area (TPSA) is 55.0 Å². The molecule has 1 aliphatic carbocycles. The molecule has 3 rings (SSSR count). The molecule has 0 atom stereocenters. The number of para-hydroxylation sites is 1. The van der Waals surface area contributed by atoms with E-state index in [0.29, 0.717) is 6.61 Å². The van der Waals surface area contributed by atoms with Gasteiger partial charge < -0.3 is 9.72 Å². The first kappa shape index (κ1) is 14.1. The van der Waals surface area contributed by atoms with Gasteiger partial charge in [-0.3, -0.25) is 4.79 Å². The van der Waals surface area contributed by atoms with Crippen molar-refractivity contribution in [3.8, 4) is 0 Å². The molecule has 2 aromatic rings. The van der Waals surface area contributed by atoms with E-state index in [0.717, 1.165) is 48.1 Å². The molecule has 1 aromatic heterocycles. The maximum Gasteiger partial charge on any atom is 0.319 e. The zero-order valence-corrected chi connectivity index (χ0v) is 12.7. The highest BCUT2D eigenvalue weighted by atomic mass is 16.5. The van der Waals surface area contributed by atoms with Gasteiger partial charge in [0.15, 0.2) is 0 Å². The lowest BCUT2D eigenvalue weighted by molar-refractivity contribution is -0.152. The fraction of sp³-hybridized carbons (Fsp3) is 0.529. The van der Waals surface area contributed by atoms with Crippen molar-refractivity contribution in [2.24, 2.45) is 0 Å². The number of fused-ring (bicyclic) bond motifs is 1. The number of aromatic amines is 1. The average Bonchev–Trinajstić information content (AvgIpc) is 2.94. The second-order valence-corrected chi connectivity index (χ2v) is 5.92. The predicted molar refractivity (Wildman–Crippen MR) is 82.2 cm³/mol. The molecule has 1 saturated carbocycles. The van der Waals surface area contributed by atoms with Crippen molar-refractivity contribution < 1.29 is 9.53 Å². The van der Waals surface area contributed by atoms with E-state index in [4.69, 9.17) is 9.72 Å². The van der Waals surface area contributed by atoms with E-state index in [2.05, 4.69) is 4.98 Å². The van der Waals surface area contributed by atoms with Gasteiger partial charge in [-0.15, -0.1) is 0 Å². The number of imidazole rings is 1. The standard InChI is InChI=1S/C17H22N2O2/c1-3-21-16(20)17(10-5-4-6-11-17)15-18-13-9-7-8-12(2)14(13)19-15/h7-9H,3-6,10-11H2,1-2H3,(H,18,19). The van der Waals surface area contributed by atoms with Crippen LogP contribution in [-0.2, 0) is 14.9 Å². The van der Waals surface area contributed by atoms with Gasteiger partial charge in [-0.2, -0.15) is 0 Å². The molecule has 1 aliphatic rings. The number of rotatable bonds is 3. The molecule has 1 heterocycles. The van der Waals surface area contributed by atoms with Gasteiger partial charge in [0, 0.05) is 0 Å². The zero-order chi connectivity index (χ0) is 14.9. The molecule has 1 aromatic carbocycles. The number of aryl methyl sites for hydroxylation is 1. The Morgan fingerprint density at radius 3 is 2.76 bits per heavy atom. The van der Waals surface area contributed by atoms with Crippen LogP contribution in [0.2, 0.25) is 0 Å². The van der Waals surface area contributed by atoms with Gasteiger partial charge in [0.2, 0.25) is 0 Å². The van der Waals surface area contributed by atoms with Gasteiger partial charge >= 0.3 is 5.97 Å². The lowest BCUT2D eigenvalue weighted by Crippen LogP contribution is -2.40. The minimum atomic E-state index is -0.584. The first-order valence-corrected chi connectivity index (χ1v) is 7.80. The molecular weight excluding hydrogens is 264 g/mol. The molecule has 0 saturated heterocycles. The molecule has 1 N–H and O–H groups in total. The maximum absolute atomic E-state index is 12.6. The number of esters is 1. The Morgan fingerprint density at radius 1 is 1.33 bits per heavy atom. The Morgan fingerprint density at radius 2 is 2.10 bits per heavy atom. The number of hydrogen-bond acceptors (Lipinski definition) is 3. The lowest BCUT2D eigenvalue weighted by atomic mass is 9.73. The van der Waals surface area contributed by atoms with E-state index in [1.54, 1.807) is 0 Å². The van der Waals surface area contributed by atoms with Crippen molar-refractivity contribution in [3.63, 3.8) is 0 Å². The zero-order valence-electron chi connectivity index (χ0n) is 12.7. The van der Waals surface area contributed by atoms with Crippen LogP contribution in [0.1, 0.15) is 50.4 Å². The monoisotopic (exact) mass is 286 g/mol. The molecule has 0 amide bonds. The molecule has 112 valence electrons. The van der Waals surface area contributed by atoms with Crippen LogP contribution in [0, 0.1) is 6.92 Å². The van der Waals surface area contributed by atoms with Crippen molar-refractivity contribution in [2.45, 2.75) is 51.4 Å². The van der Waals surface area contributed by atoms with Gasteiger partial charge in [-0.1, -0.05) is 31.4 Å². The quantitative estimate of drug-likeness (QED) is 0.876. The SMILES string of the molecule is CCOC(=O)C1(c2nc3c(C)cccc3[nH]2)CCCCC1. The normalized spacial score (nSPS) is 17.8. The summed E-state index contributed by atoms with van der Waals surface area (Å²) in [5.41, 5.74) is 2.51. The fourth-order valence-corrected chi connectivity index (χ4v) is 3.36. The number of aromatic nitrogens is 2. The van der Waals surface area contributed by atoms with Crippen LogP contribution in [0.3, 0.4) is 0 Å². The minimum Gasteiger partial charge on any atom is -0.465 e. The highest BCUT2D eigenvalue weighted by molar-refractivity contribution is 5.85. The number of H-pyrrole nitrogens is 1. The molecule has 0 aliphatic heterocycles. The van der Waals surface area contributed by atoms with Gasteiger partial charge in [0.05, 0.1) is 17.6 Å². The first-order valence-electron chi connectivity index (χ1n) is 7.80. The summed E-state index contributed by atoms with van der Waals surface area (Å²) in [4.78, 5) is 20.7. The van der Waals surface area contributed by atoms with Crippen LogP contribution < -0.4 is 0 Å². The summed E-state index contributed by atoms with van der Waals surface area (Å²) >= 11 is 0. The van der Waals surface area contributed by atoms with Crippen molar-refractivity contribution in [3.05, 3.63) is 29.6 Å². The van der Waals surface area contributed by atoms with Crippen LogP contribution >= 0.6 is 0 Å². The average molecular weight is 286 g/mol. The lowest BCUT2D eigenvalue weighted by Gasteiger charge is -2.32. The van der Waals surface area contributed by atoms with E-state index in [9.17, 15) is 4.79 Å². The summed E-state index contributed by atoms with van der Waals surface area (Å²) in [5, 5.41) is 0. The molecule has 0 radical (unpaired) electrons. The number of carbonyl (C=O) groups is 1. The van der Waals surface area contributed by atoms with Crippen molar-refractivity contribution >= 4 is 17.0 Å². The summed E-state index contributed by atoms with van der Waals surface area (Å²) in [5.74, 6) is 0.659. The number of hydrogen-bond donors (Lipinski definition) is 1. The van der Waals surface area contributed by atoms with Crippen LogP contribution in [0.4, 0.5) is 0 Å². The summed E-state index contributed by atoms with van der Waals surface area (Å²) in [7, 11) is 0. The van der Waals surface area contributed by atoms with Crippen molar-refractivity contribution in [1.29, 1.82) is 0 Å². The second-order valence-electron chi connectivity index (χ2n) is 5.92. The van der Waals surface area contributed by atoms with Gasteiger partial charge in [0.25, 0.3) is 0 Å². The maximum atomic E-state index is 12.6. The van der Waals surface area contributed by atoms with Gasteiger partial charge in [-0.05, 0) is 38.3 Å². The Labute approximate surface area is 124 Å². The summed E-state index contributed by atoms with van der Waals surface area (Å²) < 4.78 is 5.37. The number of nitrogens with zero attached hydrogens (tertiary/aromatic N) is 1. The molecule has 4 heteroatoms. The number of carbonyl (C=O) groups excluding carboxylic acids is 1. The van der Waals surface area contributed by atoms with Crippen molar-refractivity contribution in [2.75, 3.05) is 6.61 Å².